The molecule has 59 valence electrons. The molecule has 0 bridgehead atoms. The van der Waals surface area contributed by atoms with Crippen LogP contribution in [0.25, 0.3) is 0 Å². The molecule has 0 unspecified atom stereocenters. The summed E-state index contributed by atoms with van der Waals surface area (Å²) in [5.74, 6) is 0. The van der Waals surface area contributed by atoms with Crippen molar-refractivity contribution in [2.45, 2.75) is 0 Å². The van der Waals surface area contributed by atoms with Gasteiger partial charge < -0.3 is 31.8 Å². The third-order valence-electron chi connectivity index (χ3n) is 0. The normalized spacial score (nSPS) is 1.50. The van der Waals surface area contributed by atoms with Crippen molar-refractivity contribution < 1.29 is 48.9 Å². The SMILES string of the molecule is O.O.O.O.O=C[O-].[Cu+2]. The van der Waals surface area contributed by atoms with Crippen LogP contribution in [0.5, 0.6) is 0 Å². The van der Waals surface area contributed by atoms with Crippen LogP contribution in [0.2, 0.25) is 0 Å². The summed E-state index contributed by atoms with van der Waals surface area (Å²) in [6.45, 7) is -0.500. The van der Waals surface area contributed by atoms with Gasteiger partial charge in [0.05, 0.1) is 0 Å². The molecule has 6 nitrogen and oxygen atoms in total. The van der Waals surface area contributed by atoms with Crippen molar-refractivity contribution in [2.24, 2.45) is 0 Å². The number of rotatable bonds is 0. The molecule has 1 radical (unpaired) electrons. The number of carbonyl (C=O) groups is 1. The van der Waals surface area contributed by atoms with Crippen LogP contribution in [0.15, 0.2) is 0 Å². The minimum absolute atomic E-state index is 0. The van der Waals surface area contributed by atoms with Gasteiger partial charge in [0, 0.05) is 6.47 Å². The van der Waals surface area contributed by atoms with E-state index in [2.05, 4.69) is 0 Å². The minimum atomic E-state index is -0.500. The van der Waals surface area contributed by atoms with Crippen LogP contribution in [0, 0.1) is 0 Å². The molecule has 0 saturated heterocycles. The molecule has 7 heteroatoms. The Labute approximate surface area is 56.2 Å². The van der Waals surface area contributed by atoms with E-state index in [1.807, 2.05) is 0 Å². The van der Waals surface area contributed by atoms with E-state index in [1.165, 1.54) is 0 Å². The Morgan fingerprint density at radius 1 is 1.00 bits per heavy atom. The molecule has 0 fully saturated rings. The first-order valence-electron chi connectivity index (χ1n) is 0.471. The predicted octanol–water partition coefficient (Wildman–Crippen LogP) is -4.94. The Balaban J connectivity index is -0.00000000200. The third kappa shape index (κ3) is 4680. The summed E-state index contributed by atoms with van der Waals surface area (Å²) in [6.07, 6.45) is 0. The summed E-state index contributed by atoms with van der Waals surface area (Å²) in [5.41, 5.74) is 0. The van der Waals surface area contributed by atoms with E-state index >= 15 is 0 Å². The van der Waals surface area contributed by atoms with Gasteiger partial charge in [-0.15, -0.1) is 0 Å². The Kier molecular flexibility index (Phi) is 4600. The molecule has 0 aromatic carbocycles. The summed E-state index contributed by atoms with van der Waals surface area (Å²) in [7, 11) is 0. The summed E-state index contributed by atoms with van der Waals surface area (Å²) >= 11 is 0. The Morgan fingerprint density at radius 2 is 1.00 bits per heavy atom. The molecule has 0 atom stereocenters. The molecule has 8 N–H and O–H groups in total. The number of carboxylic acid groups (broad SMARTS) is 1. The molecule has 0 aliphatic rings. The molecule has 0 saturated carbocycles. The van der Waals surface area contributed by atoms with Gasteiger partial charge in [0.25, 0.3) is 0 Å². The monoisotopic (exact) mass is 180 g/mol. The molecular weight excluding hydrogens is 172 g/mol. The Morgan fingerprint density at radius 3 is 1.00 bits per heavy atom. The van der Waals surface area contributed by atoms with Crippen molar-refractivity contribution >= 4 is 6.47 Å². The summed E-state index contributed by atoms with van der Waals surface area (Å²) in [6, 6.07) is 0. The van der Waals surface area contributed by atoms with E-state index in [1.54, 1.807) is 0 Å². The van der Waals surface area contributed by atoms with Crippen LogP contribution in [0.3, 0.4) is 0 Å². The van der Waals surface area contributed by atoms with E-state index in [-0.39, 0.29) is 39.0 Å². The van der Waals surface area contributed by atoms with E-state index in [0.29, 0.717) is 0 Å². The fourth-order valence-electron chi connectivity index (χ4n) is 0. The van der Waals surface area contributed by atoms with Gasteiger partial charge in [-0.25, -0.2) is 0 Å². The standard InChI is InChI=1S/CH2O2.Cu.4H2O/c2-1-3;;;;;/h1H,(H,2,3);;4*1H2/q;+2;;;;/p-1. The average Bonchev–Trinajstić information content (AvgIpc) is 0.918. The van der Waals surface area contributed by atoms with Crippen molar-refractivity contribution in [3.63, 3.8) is 0 Å². The van der Waals surface area contributed by atoms with Crippen molar-refractivity contribution in [1.82, 2.24) is 0 Å². The van der Waals surface area contributed by atoms with Crippen LogP contribution in [-0.4, -0.2) is 28.4 Å². The van der Waals surface area contributed by atoms with E-state index in [4.69, 9.17) is 9.90 Å². The van der Waals surface area contributed by atoms with Crippen LogP contribution in [0.1, 0.15) is 0 Å². The van der Waals surface area contributed by atoms with Gasteiger partial charge in [0.2, 0.25) is 0 Å². The quantitative estimate of drug-likeness (QED) is 0.269. The van der Waals surface area contributed by atoms with Crippen molar-refractivity contribution in [2.75, 3.05) is 0 Å². The second-order valence-electron chi connectivity index (χ2n) is 0.0962. The summed E-state index contributed by atoms with van der Waals surface area (Å²) in [5, 5.41) is 8.25. The number of hydrogen-bond donors (Lipinski definition) is 0. The summed E-state index contributed by atoms with van der Waals surface area (Å²) in [4.78, 5) is 8.25. The fraction of sp³-hybridized carbons (Fsp3) is 0. The zero-order valence-electron chi connectivity index (χ0n) is 3.70. The minimum Gasteiger partial charge on any atom is -0.554 e. The van der Waals surface area contributed by atoms with Crippen molar-refractivity contribution in [3.8, 4) is 0 Å². The maximum Gasteiger partial charge on any atom is 2.00 e. The van der Waals surface area contributed by atoms with Crippen LogP contribution >= 0.6 is 0 Å². The molecule has 0 aromatic heterocycles. The van der Waals surface area contributed by atoms with Gasteiger partial charge >= 0.3 is 17.1 Å². The first kappa shape index (κ1) is 109. The largest absolute Gasteiger partial charge is 2.00 e. The smallest absolute Gasteiger partial charge is 0.554 e. The van der Waals surface area contributed by atoms with Crippen LogP contribution in [0.4, 0.5) is 0 Å². The van der Waals surface area contributed by atoms with Gasteiger partial charge in [0.15, 0.2) is 0 Å². The third-order valence-corrected chi connectivity index (χ3v) is 0. The maximum absolute atomic E-state index is 8.25. The average molecular weight is 181 g/mol. The van der Waals surface area contributed by atoms with Crippen molar-refractivity contribution in [3.05, 3.63) is 0 Å². The zero-order chi connectivity index (χ0) is 2.71. The molecule has 0 aliphatic carbocycles. The van der Waals surface area contributed by atoms with E-state index in [0.717, 1.165) is 0 Å². The van der Waals surface area contributed by atoms with Gasteiger partial charge in [0.1, 0.15) is 0 Å². The molecule has 0 spiro atoms. The van der Waals surface area contributed by atoms with E-state index in [9.17, 15) is 0 Å². The van der Waals surface area contributed by atoms with Crippen molar-refractivity contribution in [1.29, 1.82) is 0 Å². The molecule has 0 amide bonds. The Hall–Kier alpha value is -0.171. The summed E-state index contributed by atoms with van der Waals surface area (Å²) < 4.78 is 0. The second-order valence-corrected chi connectivity index (χ2v) is 0.0962. The first-order chi connectivity index (χ1) is 1.41. The fourth-order valence-corrected chi connectivity index (χ4v) is 0. The van der Waals surface area contributed by atoms with E-state index < -0.39 is 6.47 Å². The van der Waals surface area contributed by atoms with Crippen LogP contribution < -0.4 is 5.11 Å². The van der Waals surface area contributed by atoms with Gasteiger partial charge in [-0.1, -0.05) is 0 Å². The molecule has 0 aliphatic heterocycles. The van der Waals surface area contributed by atoms with Gasteiger partial charge in [-0.05, 0) is 0 Å². The zero-order valence-corrected chi connectivity index (χ0v) is 4.64. The number of carbonyl (C=O) groups excluding carboxylic acids is 1. The molecule has 8 heavy (non-hydrogen) atoms. The Bertz CT molecular complexity index is 16.0. The molecular formula is CH9CuO6+. The second kappa shape index (κ2) is 337. The topological polar surface area (TPSA) is 166 Å². The van der Waals surface area contributed by atoms with Gasteiger partial charge in [-0.3, -0.25) is 0 Å². The molecule has 0 rings (SSSR count). The molecule has 0 aromatic rings. The number of hydrogen-bond acceptors (Lipinski definition) is 2. The van der Waals surface area contributed by atoms with Crippen LogP contribution in [-0.2, 0) is 21.9 Å². The maximum atomic E-state index is 8.25. The first-order valence-corrected chi connectivity index (χ1v) is 0.471. The van der Waals surface area contributed by atoms with Gasteiger partial charge in [-0.2, -0.15) is 0 Å². The predicted molar refractivity (Wildman–Crippen MR) is 20.5 cm³/mol. The molecule has 0 heterocycles.